The van der Waals surface area contributed by atoms with E-state index < -0.39 is 5.97 Å². The molecule has 2 heterocycles. The van der Waals surface area contributed by atoms with Gasteiger partial charge in [0, 0.05) is 32.7 Å². The van der Waals surface area contributed by atoms with Crippen molar-refractivity contribution in [3.05, 3.63) is 10.8 Å². The highest BCUT2D eigenvalue weighted by molar-refractivity contribution is 7.07. The summed E-state index contributed by atoms with van der Waals surface area (Å²) in [4.78, 5) is 19.5. The molecule has 0 aliphatic carbocycles. The Bertz CT molecular complexity index is 427. The van der Waals surface area contributed by atoms with Gasteiger partial charge in [-0.1, -0.05) is 13.8 Å². The number of carboxylic acids is 1. The Morgan fingerprint density at radius 2 is 1.95 bits per heavy atom. The second kappa shape index (κ2) is 6.40. The van der Waals surface area contributed by atoms with Gasteiger partial charge < -0.3 is 10.0 Å². The summed E-state index contributed by atoms with van der Waals surface area (Å²) in [6, 6.07) is 0. The Hall–Kier alpha value is -1.05. The van der Waals surface area contributed by atoms with E-state index in [0.29, 0.717) is 18.3 Å². The van der Waals surface area contributed by atoms with E-state index in [-0.39, 0.29) is 5.01 Å². The van der Waals surface area contributed by atoms with E-state index in [1.165, 1.54) is 0 Å². The molecule has 7 heteroatoms. The molecule has 0 amide bonds. The maximum absolute atomic E-state index is 10.7. The van der Waals surface area contributed by atoms with Crippen LogP contribution >= 0.6 is 11.5 Å². The van der Waals surface area contributed by atoms with Crippen molar-refractivity contribution in [3.8, 4) is 0 Å². The highest BCUT2D eigenvalue weighted by Crippen LogP contribution is 2.10. The van der Waals surface area contributed by atoms with Gasteiger partial charge in [-0.15, -0.1) is 0 Å². The van der Waals surface area contributed by atoms with Gasteiger partial charge in [-0.25, -0.2) is 9.78 Å². The Morgan fingerprint density at radius 3 is 2.47 bits per heavy atom. The van der Waals surface area contributed by atoms with Crippen LogP contribution in [0.4, 0.5) is 0 Å². The maximum Gasteiger partial charge on any atom is 0.366 e. The average molecular weight is 284 g/mol. The molecular formula is C12H20N4O2S. The first kappa shape index (κ1) is 14.4. The van der Waals surface area contributed by atoms with Crippen LogP contribution in [0.2, 0.25) is 0 Å². The van der Waals surface area contributed by atoms with E-state index in [2.05, 4.69) is 33.0 Å². The lowest BCUT2D eigenvalue weighted by Crippen LogP contribution is -2.47. The third kappa shape index (κ3) is 4.22. The van der Waals surface area contributed by atoms with E-state index >= 15 is 0 Å². The molecule has 0 atom stereocenters. The van der Waals surface area contributed by atoms with E-state index in [4.69, 9.17) is 5.11 Å². The van der Waals surface area contributed by atoms with Gasteiger partial charge in [-0.3, -0.25) is 4.90 Å². The van der Waals surface area contributed by atoms with E-state index in [1.807, 2.05) is 0 Å². The summed E-state index contributed by atoms with van der Waals surface area (Å²) < 4.78 is 4.09. The van der Waals surface area contributed by atoms with Crippen molar-refractivity contribution >= 4 is 17.5 Å². The van der Waals surface area contributed by atoms with Gasteiger partial charge in [0.2, 0.25) is 5.01 Å². The van der Waals surface area contributed by atoms with Gasteiger partial charge in [-0.2, -0.15) is 4.37 Å². The Balaban J connectivity index is 1.80. The van der Waals surface area contributed by atoms with Crippen molar-refractivity contribution in [2.24, 2.45) is 5.92 Å². The van der Waals surface area contributed by atoms with Gasteiger partial charge >= 0.3 is 5.97 Å². The molecule has 1 fully saturated rings. The van der Waals surface area contributed by atoms with Crippen LogP contribution in [0.25, 0.3) is 0 Å². The minimum atomic E-state index is -0.995. The predicted octanol–water partition coefficient (Wildman–Crippen LogP) is 1.01. The molecule has 1 N–H and O–H groups in total. The molecule has 0 aromatic carbocycles. The minimum absolute atomic E-state index is 0.0773. The van der Waals surface area contributed by atoms with Gasteiger partial charge in [0.1, 0.15) is 0 Å². The molecule has 1 aromatic heterocycles. The Kier molecular flexibility index (Phi) is 4.84. The lowest BCUT2D eigenvalue weighted by Gasteiger charge is -2.34. The van der Waals surface area contributed by atoms with E-state index in [0.717, 1.165) is 44.3 Å². The average Bonchev–Trinajstić information content (AvgIpc) is 2.80. The van der Waals surface area contributed by atoms with Crippen molar-refractivity contribution in [2.45, 2.75) is 20.4 Å². The predicted molar refractivity (Wildman–Crippen MR) is 73.4 cm³/mol. The van der Waals surface area contributed by atoms with Gasteiger partial charge in [-0.05, 0) is 17.5 Å². The Labute approximate surface area is 117 Å². The first-order valence-corrected chi connectivity index (χ1v) is 7.32. The fourth-order valence-corrected chi connectivity index (χ4v) is 2.77. The summed E-state index contributed by atoms with van der Waals surface area (Å²) in [6.45, 7) is 10.4. The van der Waals surface area contributed by atoms with Crippen LogP contribution in [-0.2, 0) is 6.54 Å². The minimum Gasteiger partial charge on any atom is -0.476 e. The molecule has 2 rings (SSSR count). The number of carboxylic acid groups (broad SMARTS) is 1. The number of carbonyl (C=O) groups is 1. The van der Waals surface area contributed by atoms with E-state index in [1.54, 1.807) is 0 Å². The fraction of sp³-hybridized carbons (Fsp3) is 0.750. The fourth-order valence-electron chi connectivity index (χ4n) is 2.25. The molecule has 1 aliphatic heterocycles. The van der Waals surface area contributed by atoms with Crippen molar-refractivity contribution in [1.29, 1.82) is 0 Å². The summed E-state index contributed by atoms with van der Waals surface area (Å²) in [6.07, 6.45) is 0. The lowest BCUT2D eigenvalue weighted by atomic mass is 10.2. The van der Waals surface area contributed by atoms with Crippen LogP contribution in [0.3, 0.4) is 0 Å². The number of nitrogens with zero attached hydrogens (tertiary/aromatic N) is 4. The number of hydrogen-bond donors (Lipinski definition) is 1. The van der Waals surface area contributed by atoms with Gasteiger partial charge in [0.05, 0.1) is 6.54 Å². The van der Waals surface area contributed by atoms with E-state index in [9.17, 15) is 4.79 Å². The summed E-state index contributed by atoms with van der Waals surface area (Å²) in [5.41, 5.74) is 0. The standard InChI is InChI=1S/C12H20N4O2S/c1-9(2)7-15-3-5-16(6-4-15)8-10-13-11(12(17)18)19-14-10/h9H,3-8H2,1-2H3,(H,17,18). The number of aromatic nitrogens is 2. The smallest absolute Gasteiger partial charge is 0.366 e. The number of piperazine rings is 1. The molecule has 0 radical (unpaired) electrons. The third-order valence-electron chi connectivity index (χ3n) is 3.10. The van der Waals surface area contributed by atoms with Crippen molar-refractivity contribution in [2.75, 3.05) is 32.7 Å². The molecule has 0 saturated carbocycles. The monoisotopic (exact) mass is 284 g/mol. The second-order valence-electron chi connectivity index (χ2n) is 5.29. The summed E-state index contributed by atoms with van der Waals surface area (Å²) >= 11 is 0.957. The van der Waals surface area contributed by atoms with Crippen LogP contribution in [0.5, 0.6) is 0 Å². The van der Waals surface area contributed by atoms with Crippen LogP contribution in [0.15, 0.2) is 0 Å². The number of hydrogen-bond acceptors (Lipinski definition) is 6. The van der Waals surface area contributed by atoms with Crippen molar-refractivity contribution in [3.63, 3.8) is 0 Å². The van der Waals surface area contributed by atoms with Crippen LogP contribution in [0, 0.1) is 5.92 Å². The number of rotatable bonds is 5. The molecule has 1 aromatic rings. The van der Waals surface area contributed by atoms with Gasteiger partial charge in [0.15, 0.2) is 5.82 Å². The molecule has 0 spiro atoms. The Morgan fingerprint density at radius 1 is 1.32 bits per heavy atom. The quantitative estimate of drug-likeness (QED) is 0.870. The molecule has 1 aliphatic rings. The van der Waals surface area contributed by atoms with Crippen molar-refractivity contribution < 1.29 is 9.90 Å². The molecule has 19 heavy (non-hydrogen) atoms. The molecular weight excluding hydrogens is 264 g/mol. The summed E-state index contributed by atoms with van der Waals surface area (Å²) in [5.74, 6) is 0.329. The largest absolute Gasteiger partial charge is 0.476 e. The first-order valence-electron chi connectivity index (χ1n) is 6.55. The SMILES string of the molecule is CC(C)CN1CCN(Cc2nsc(C(=O)O)n2)CC1. The summed E-state index contributed by atoms with van der Waals surface area (Å²) in [5, 5.41) is 8.89. The zero-order valence-corrected chi connectivity index (χ0v) is 12.2. The van der Waals surface area contributed by atoms with Crippen LogP contribution in [0.1, 0.15) is 29.5 Å². The molecule has 106 valence electrons. The zero-order chi connectivity index (χ0) is 13.8. The number of aromatic carboxylic acids is 1. The highest BCUT2D eigenvalue weighted by Gasteiger charge is 2.19. The highest BCUT2D eigenvalue weighted by atomic mass is 32.1. The zero-order valence-electron chi connectivity index (χ0n) is 11.4. The third-order valence-corrected chi connectivity index (χ3v) is 3.85. The molecule has 6 nitrogen and oxygen atoms in total. The van der Waals surface area contributed by atoms with Crippen molar-refractivity contribution in [1.82, 2.24) is 19.2 Å². The van der Waals surface area contributed by atoms with Crippen LogP contribution < -0.4 is 0 Å². The molecule has 1 saturated heterocycles. The summed E-state index contributed by atoms with van der Waals surface area (Å²) in [7, 11) is 0. The maximum atomic E-state index is 10.7. The van der Waals surface area contributed by atoms with Crippen LogP contribution in [-0.4, -0.2) is 63.0 Å². The van der Waals surface area contributed by atoms with Gasteiger partial charge in [0.25, 0.3) is 0 Å². The topological polar surface area (TPSA) is 69.6 Å². The molecule has 0 bridgehead atoms. The normalized spacial score (nSPS) is 18.1. The lowest BCUT2D eigenvalue weighted by molar-refractivity contribution is 0.0695. The second-order valence-corrected chi connectivity index (χ2v) is 6.04. The first-order chi connectivity index (χ1) is 9.04. The molecule has 0 unspecified atom stereocenters.